The second-order valence-corrected chi connectivity index (χ2v) is 5.36. The van der Waals surface area contributed by atoms with Gasteiger partial charge in [-0.1, -0.05) is 20.8 Å². The molecule has 1 aromatic heterocycles. The quantitative estimate of drug-likeness (QED) is 0.785. The molecule has 0 aliphatic carbocycles. The minimum Gasteiger partial charge on any atom is -0.352 e. The van der Waals surface area contributed by atoms with Crippen molar-refractivity contribution in [3.8, 4) is 0 Å². The van der Waals surface area contributed by atoms with Gasteiger partial charge in [-0.2, -0.15) is 0 Å². The maximum atomic E-state index is 11.6. The number of H-pyrrole nitrogens is 1. The number of nitrogens with one attached hydrogen (secondary N) is 2. The van der Waals surface area contributed by atoms with Crippen molar-refractivity contribution in [1.82, 2.24) is 10.3 Å². The van der Waals surface area contributed by atoms with E-state index >= 15 is 0 Å². The van der Waals surface area contributed by atoms with Gasteiger partial charge in [-0.15, -0.1) is 0 Å². The van der Waals surface area contributed by atoms with E-state index in [4.69, 9.17) is 0 Å². The van der Waals surface area contributed by atoms with Crippen LogP contribution in [0.25, 0.3) is 0 Å². The summed E-state index contributed by atoms with van der Waals surface area (Å²) in [6.45, 7) is 7.19. The Bertz CT molecular complexity index is 409. The van der Waals surface area contributed by atoms with Crippen LogP contribution in [0, 0.1) is 5.41 Å². The summed E-state index contributed by atoms with van der Waals surface area (Å²) in [4.78, 5) is 25.0. The number of rotatable bonds is 4. The lowest BCUT2D eigenvalue weighted by atomic mass is 9.91. The zero-order valence-electron chi connectivity index (χ0n) is 10.7. The highest BCUT2D eigenvalue weighted by atomic mass is 16.1. The Morgan fingerprint density at radius 1 is 1.35 bits per heavy atom. The van der Waals surface area contributed by atoms with Crippen molar-refractivity contribution in [2.75, 3.05) is 6.54 Å². The molecular weight excluding hydrogens is 216 g/mol. The van der Waals surface area contributed by atoms with E-state index in [1.807, 2.05) is 0 Å². The summed E-state index contributed by atoms with van der Waals surface area (Å²) in [6.07, 6.45) is 3.46. The number of hydrogen-bond acceptors (Lipinski definition) is 2. The van der Waals surface area contributed by atoms with Gasteiger partial charge in [-0.05, 0) is 24.3 Å². The number of hydrogen-bond donors (Lipinski definition) is 2. The van der Waals surface area contributed by atoms with Crippen LogP contribution >= 0.6 is 0 Å². The van der Waals surface area contributed by atoms with E-state index < -0.39 is 0 Å². The summed E-state index contributed by atoms with van der Waals surface area (Å²) < 4.78 is 0. The van der Waals surface area contributed by atoms with Crippen molar-refractivity contribution in [3.05, 3.63) is 34.2 Å². The Kier molecular flexibility index (Phi) is 4.49. The molecule has 2 N–H and O–H groups in total. The number of aromatic amines is 1. The Hall–Kier alpha value is -1.58. The van der Waals surface area contributed by atoms with E-state index in [0.29, 0.717) is 17.5 Å². The Balaban J connectivity index is 2.35. The molecule has 1 aromatic rings. The molecule has 0 spiro atoms. The summed E-state index contributed by atoms with van der Waals surface area (Å²) in [6, 6.07) is 2.88. The first-order chi connectivity index (χ1) is 7.88. The van der Waals surface area contributed by atoms with Gasteiger partial charge in [0, 0.05) is 18.8 Å². The van der Waals surface area contributed by atoms with Crippen molar-refractivity contribution in [1.29, 1.82) is 0 Å². The number of carbonyl (C=O) groups excluding carboxylic acids is 1. The van der Waals surface area contributed by atoms with Crippen molar-refractivity contribution in [2.45, 2.75) is 33.6 Å². The minimum atomic E-state index is -0.200. The van der Waals surface area contributed by atoms with Crippen LogP contribution in [0.3, 0.4) is 0 Å². The molecule has 4 nitrogen and oxygen atoms in total. The first-order valence-electron chi connectivity index (χ1n) is 5.85. The summed E-state index contributed by atoms with van der Waals surface area (Å²) >= 11 is 0. The molecule has 0 bridgehead atoms. The van der Waals surface area contributed by atoms with E-state index in [1.54, 1.807) is 0 Å². The van der Waals surface area contributed by atoms with Crippen LogP contribution in [0.2, 0.25) is 0 Å². The molecule has 1 rings (SSSR count). The predicted molar refractivity (Wildman–Crippen MR) is 68.1 cm³/mol. The van der Waals surface area contributed by atoms with Crippen LogP contribution < -0.4 is 10.9 Å². The van der Waals surface area contributed by atoms with E-state index in [-0.39, 0.29) is 11.5 Å². The highest BCUT2D eigenvalue weighted by molar-refractivity contribution is 5.93. The van der Waals surface area contributed by atoms with E-state index in [0.717, 1.165) is 12.8 Å². The molecule has 17 heavy (non-hydrogen) atoms. The van der Waals surface area contributed by atoms with Crippen molar-refractivity contribution >= 4 is 5.91 Å². The molecular formula is C13H20N2O2. The van der Waals surface area contributed by atoms with Crippen LogP contribution in [0.4, 0.5) is 0 Å². The van der Waals surface area contributed by atoms with Gasteiger partial charge in [0.05, 0.1) is 5.56 Å². The molecule has 4 heteroatoms. The van der Waals surface area contributed by atoms with Gasteiger partial charge in [0.2, 0.25) is 5.56 Å². The smallest absolute Gasteiger partial charge is 0.252 e. The molecule has 94 valence electrons. The summed E-state index contributed by atoms with van der Waals surface area (Å²) in [7, 11) is 0. The van der Waals surface area contributed by atoms with Gasteiger partial charge in [0.25, 0.3) is 5.91 Å². The molecule has 0 aromatic carbocycles. The van der Waals surface area contributed by atoms with Gasteiger partial charge < -0.3 is 10.3 Å². The molecule has 1 heterocycles. The van der Waals surface area contributed by atoms with Crippen LogP contribution in [0.15, 0.2) is 23.1 Å². The molecule has 0 saturated heterocycles. The highest BCUT2D eigenvalue weighted by Gasteiger charge is 2.10. The second-order valence-electron chi connectivity index (χ2n) is 5.36. The van der Waals surface area contributed by atoms with Gasteiger partial charge in [0.1, 0.15) is 0 Å². The first-order valence-corrected chi connectivity index (χ1v) is 5.85. The minimum absolute atomic E-state index is 0.143. The summed E-state index contributed by atoms with van der Waals surface area (Å²) in [5, 5.41) is 2.83. The predicted octanol–water partition coefficient (Wildman–Crippen LogP) is 1.93. The van der Waals surface area contributed by atoms with Gasteiger partial charge in [-0.3, -0.25) is 9.59 Å². The zero-order chi connectivity index (χ0) is 12.9. The van der Waals surface area contributed by atoms with Crippen LogP contribution in [0.1, 0.15) is 44.0 Å². The molecule has 0 fully saturated rings. The fourth-order valence-electron chi connectivity index (χ4n) is 1.47. The average molecular weight is 236 g/mol. The maximum absolute atomic E-state index is 11.6. The van der Waals surface area contributed by atoms with Crippen molar-refractivity contribution < 1.29 is 4.79 Å². The Morgan fingerprint density at radius 2 is 2.06 bits per heavy atom. The lowest BCUT2D eigenvalue weighted by Crippen LogP contribution is -2.26. The van der Waals surface area contributed by atoms with E-state index in [9.17, 15) is 9.59 Å². The Morgan fingerprint density at radius 3 is 2.59 bits per heavy atom. The molecule has 1 amide bonds. The number of aromatic nitrogens is 1. The van der Waals surface area contributed by atoms with Gasteiger partial charge >= 0.3 is 0 Å². The zero-order valence-corrected chi connectivity index (χ0v) is 10.7. The molecule has 0 radical (unpaired) electrons. The lowest BCUT2D eigenvalue weighted by Gasteiger charge is -2.17. The van der Waals surface area contributed by atoms with Crippen LogP contribution in [-0.2, 0) is 0 Å². The highest BCUT2D eigenvalue weighted by Crippen LogP contribution is 2.19. The second kappa shape index (κ2) is 5.66. The van der Waals surface area contributed by atoms with E-state index in [1.165, 1.54) is 18.3 Å². The van der Waals surface area contributed by atoms with Gasteiger partial charge in [0.15, 0.2) is 0 Å². The molecule has 0 aliphatic heterocycles. The van der Waals surface area contributed by atoms with E-state index in [2.05, 4.69) is 31.1 Å². The number of amides is 1. The maximum Gasteiger partial charge on any atom is 0.252 e. The summed E-state index contributed by atoms with van der Waals surface area (Å²) in [5.74, 6) is -0.143. The molecule has 0 saturated carbocycles. The summed E-state index contributed by atoms with van der Waals surface area (Å²) in [5.41, 5.74) is 0.581. The third-order valence-corrected chi connectivity index (χ3v) is 2.44. The number of carbonyl (C=O) groups is 1. The largest absolute Gasteiger partial charge is 0.352 e. The molecule has 0 unspecified atom stereocenters. The third kappa shape index (κ3) is 5.33. The van der Waals surface area contributed by atoms with Crippen molar-refractivity contribution in [2.24, 2.45) is 5.41 Å². The number of pyridine rings is 1. The fraction of sp³-hybridized carbons (Fsp3) is 0.538. The van der Waals surface area contributed by atoms with Crippen LogP contribution in [-0.4, -0.2) is 17.4 Å². The van der Waals surface area contributed by atoms with Gasteiger partial charge in [-0.25, -0.2) is 0 Å². The van der Waals surface area contributed by atoms with Crippen molar-refractivity contribution in [3.63, 3.8) is 0 Å². The SMILES string of the molecule is CC(C)(C)CCCNC(=O)c1ccc(=O)[nH]c1. The fourth-order valence-corrected chi connectivity index (χ4v) is 1.47. The topological polar surface area (TPSA) is 62.0 Å². The van der Waals surface area contributed by atoms with Crippen LogP contribution in [0.5, 0.6) is 0 Å². The lowest BCUT2D eigenvalue weighted by molar-refractivity contribution is 0.0951. The standard InChI is InChI=1S/C13H20N2O2/c1-13(2,3)7-4-8-14-12(17)10-5-6-11(16)15-9-10/h5-6,9H,4,7-8H2,1-3H3,(H,14,17)(H,15,16). The molecule has 0 atom stereocenters. The normalized spacial score (nSPS) is 11.2. The average Bonchev–Trinajstić information content (AvgIpc) is 2.24. The molecule has 0 aliphatic rings. The monoisotopic (exact) mass is 236 g/mol. The third-order valence-electron chi connectivity index (χ3n) is 2.44. The first kappa shape index (κ1) is 13.5. The Labute approximate surface area is 101 Å².